The number of halogens is 1. The standard InChI is InChI=1S/C13H16FN3O2S/c1-3-8-15-13(20)17-16-12(18)9(2)19-11-7-5-4-6-10(11)14/h3-7,9H,1,8H2,2H3,(H,16,18)(H2,15,17,20)/t9-/m0/s1. The predicted molar refractivity (Wildman–Crippen MR) is 78.6 cm³/mol. The smallest absolute Gasteiger partial charge is 0.279 e. The first-order chi connectivity index (χ1) is 9.54. The Morgan fingerprint density at radius 3 is 2.85 bits per heavy atom. The molecule has 0 aliphatic heterocycles. The molecule has 1 atom stereocenters. The molecule has 20 heavy (non-hydrogen) atoms. The molecule has 1 aromatic rings. The summed E-state index contributed by atoms with van der Waals surface area (Å²) in [7, 11) is 0. The Morgan fingerprint density at radius 2 is 2.20 bits per heavy atom. The normalized spacial score (nSPS) is 11.1. The van der Waals surface area contributed by atoms with Gasteiger partial charge < -0.3 is 10.1 Å². The van der Waals surface area contributed by atoms with Crippen LogP contribution in [-0.4, -0.2) is 23.7 Å². The average molecular weight is 297 g/mol. The summed E-state index contributed by atoms with van der Waals surface area (Å²) in [6.07, 6.45) is 0.751. The van der Waals surface area contributed by atoms with Gasteiger partial charge in [0.05, 0.1) is 0 Å². The quantitative estimate of drug-likeness (QED) is 0.434. The first-order valence-electron chi connectivity index (χ1n) is 5.90. The number of ether oxygens (including phenoxy) is 1. The van der Waals surface area contributed by atoms with E-state index < -0.39 is 17.8 Å². The van der Waals surface area contributed by atoms with E-state index in [4.69, 9.17) is 17.0 Å². The number of carbonyl (C=O) groups excluding carboxylic acids is 1. The van der Waals surface area contributed by atoms with Crippen molar-refractivity contribution in [2.45, 2.75) is 13.0 Å². The van der Waals surface area contributed by atoms with Gasteiger partial charge in [0.25, 0.3) is 5.91 Å². The molecule has 0 fully saturated rings. The fraction of sp³-hybridized carbons (Fsp3) is 0.231. The van der Waals surface area contributed by atoms with Gasteiger partial charge in [-0.3, -0.25) is 15.6 Å². The lowest BCUT2D eigenvalue weighted by Gasteiger charge is -2.16. The summed E-state index contributed by atoms with van der Waals surface area (Å²) in [6.45, 7) is 5.50. The van der Waals surface area contributed by atoms with Gasteiger partial charge in [-0.15, -0.1) is 6.58 Å². The molecule has 0 unspecified atom stereocenters. The number of amides is 1. The molecule has 0 bridgehead atoms. The van der Waals surface area contributed by atoms with Crippen molar-refractivity contribution >= 4 is 23.2 Å². The van der Waals surface area contributed by atoms with E-state index in [1.807, 2.05) is 0 Å². The number of carbonyl (C=O) groups is 1. The minimum Gasteiger partial charge on any atom is -0.478 e. The Bertz CT molecular complexity index is 496. The first kappa shape index (κ1) is 15.9. The molecule has 0 aliphatic rings. The van der Waals surface area contributed by atoms with Crippen LogP contribution in [0.2, 0.25) is 0 Å². The highest BCUT2D eigenvalue weighted by molar-refractivity contribution is 7.80. The van der Waals surface area contributed by atoms with E-state index >= 15 is 0 Å². The second-order valence-electron chi connectivity index (χ2n) is 3.80. The van der Waals surface area contributed by atoms with Crippen LogP contribution in [0.3, 0.4) is 0 Å². The monoisotopic (exact) mass is 297 g/mol. The topological polar surface area (TPSA) is 62.4 Å². The summed E-state index contributed by atoms with van der Waals surface area (Å²) < 4.78 is 18.6. The lowest BCUT2D eigenvalue weighted by Crippen LogP contribution is -2.50. The van der Waals surface area contributed by atoms with Gasteiger partial charge in [0, 0.05) is 6.54 Å². The molecule has 0 aromatic heterocycles. The van der Waals surface area contributed by atoms with Gasteiger partial charge in [-0.25, -0.2) is 4.39 Å². The third kappa shape index (κ3) is 5.23. The van der Waals surface area contributed by atoms with Crippen LogP contribution in [0.4, 0.5) is 4.39 Å². The van der Waals surface area contributed by atoms with Crippen LogP contribution >= 0.6 is 12.2 Å². The Morgan fingerprint density at radius 1 is 1.50 bits per heavy atom. The third-order valence-electron chi connectivity index (χ3n) is 2.22. The van der Waals surface area contributed by atoms with Gasteiger partial charge in [-0.2, -0.15) is 0 Å². The van der Waals surface area contributed by atoms with Gasteiger partial charge in [0.15, 0.2) is 22.8 Å². The minimum absolute atomic E-state index is 0.0162. The third-order valence-corrected chi connectivity index (χ3v) is 2.46. The predicted octanol–water partition coefficient (Wildman–Crippen LogP) is 1.27. The van der Waals surface area contributed by atoms with Gasteiger partial charge in [0.2, 0.25) is 0 Å². The summed E-state index contributed by atoms with van der Waals surface area (Å²) in [4.78, 5) is 11.7. The number of hydrogen-bond acceptors (Lipinski definition) is 3. The summed E-state index contributed by atoms with van der Waals surface area (Å²) >= 11 is 4.89. The number of hydrazine groups is 1. The van der Waals surface area contributed by atoms with Crippen LogP contribution in [0.1, 0.15) is 6.92 Å². The van der Waals surface area contributed by atoms with Crippen molar-refractivity contribution in [3.63, 3.8) is 0 Å². The maximum Gasteiger partial charge on any atom is 0.279 e. The fourth-order valence-corrected chi connectivity index (χ4v) is 1.35. The lowest BCUT2D eigenvalue weighted by atomic mass is 10.3. The highest BCUT2D eigenvalue weighted by atomic mass is 32.1. The van der Waals surface area contributed by atoms with Crippen molar-refractivity contribution in [2.24, 2.45) is 0 Å². The Kier molecular flexibility index (Phi) is 6.45. The highest BCUT2D eigenvalue weighted by Gasteiger charge is 2.16. The molecule has 0 spiro atoms. The van der Waals surface area contributed by atoms with Gasteiger partial charge in [0.1, 0.15) is 0 Å². The average Bonchev–Trinajstić information content (AvgIpc) is 2.44. The zero-order chi connectivity index (χ0) is 15.0. The molecule has 3 N–H and O–H groups in total. The number of nitrogens with one attached hydrogen (secondary N) is 3. The summed E-state index contributed by atoms with van der Waals surface area (Å²) in [5.41, 5.74) is 4.85. The van der Waals surface area contributed by atoms with E-state index in [1.54, 1.807) is 12.1 Å². The Balaban J connectivity index is 2.41. The maximum absolute atomic E-state index is 13.4. The number of rotatable bonds is 5. The Hall–Kier alpha value is -2.15. The van der Waals surface area contributed by atoms with Crippen LogP contribution in [0.5, 0.6) is 5.75 Å². The number of benzene rings is 1. The van der Waals surface area contributed by atoms with E-state index in [0.29, 0.717) is 6.54 Å². The Labute approximate surface area is 122 Å². The van der Waals surface area contributed by atoms with Crippen LogP contribution in [0, 0.1) is 5.82 Å². The van der Waals surface area contributed by atoms with Gasteiger partial charge >= 0.3 is 0 Å². The molecule has 1 rings (SSSR count). The SMILES string of the molecule is C=CCNC(=S)NNC(=O)[C@H](C)Oc1ccccc1F. The maximum atomic E-state index is 13.4. The van der Waals surface area contributed by atoms with E-state index in [-0.39, 0.29) is 10.9 Å². The second kappa shape index (κ2) is 8.11. The lowest BCUT2D eigenvalue weighted by molar-refractivity contribution is -0.127. The molecule has 7 heteroatoms. The van der Waals surface area contributed by atoms with Crippen LogP contribution < -0.4 is 20.9 Å². The van der Waals surface area contributed by atoms with Gasteiger partial charge in [-0.05, 0) is 31.3 Å². The molecule has 0 saturated carbocycles. The van der Waals surface area contributed by atoms with Crippen molar-refractivity contribution in [1.29, 1.82) is 0 Å². The van der Waals surface area contributed by atoms with E-state index in [2.05, 4.69) is 22.7 Å². The first-order valence-corrected chi connectivity index (χ1v) is 6.31. The number of thiocarbonyl (C=S) groups is 1. The van der Waals surface area contributed by atoms with Gasteiger partial charge in [-0.1, -0.05) is 18.2 Å². The van der Waals surface area contributed by atoms with E-state index in [9.17, 15) is 9.18 Å². The molecular weight excluding hydrogens is 281 g/mol. The summed E-state index contributed by atoms with van der Waals surface area (Å²) in [5.74, 6) is -0.984. The van der Waals surface area contributed by atoms with Crippen molar-refractivity contribution in [3.8, 4) is 5.75 Å². The molecule has 0 saturated heterocycles. The van der Waals surface area contributed by atoms with Crippen LogP contribution in [0.25, 0.3) is 0 Å². The van der Waals surface area contributed by atoms with E-state index in [0.717, 1.165) is 0 Å². The fourth-order valence-electron chi connectivity index (χ4n) is 1.21. The molecule has 0 aliphatic carbocycles. The molecule has 0 radical (unpaired) electrons. The molecule has 1 amide bonds. The van der Waals surface area contributed by atoms with Crippen molar-refractivity contribution in [3.05, 3.63) is 42.7 Å². The molecule has 5 nitrogen and oxygen atoms in total. The largest absolute Gasteiger partial charge is 0.478 e. The highest BCUT2D eigenvalue weighted by Crippen LogP contribution is 2.16. The summed E-state index contributed by atoms with van der Waals surface area (Å²) in [6, 6.07) is 5.86. The molecule has 108 valence electrons. The van der Waals surface area contributed by atoms with Crippen molar-refractivity contribution < 1.29 is 13.9 Å². The number of hydrogen-bond donors (Lipinski definition) is 3. The molecule has 1 aromatic carbocycles. The zero-order valence-electron chi connectivity index (χ0n) is 11.0. The number of para-hydroxylation sites is 1. The van der Waals surface area contributed by atoms with Crippen molar-refractivity contribution in [2.75, 3.05) is 6.54 Å². The summed E-state index contributed by atoms with van der Waals surface area (Å²) in [5, 5.41) is 3.02. The van der Waals surface area contributed by atoms with Crippen molar-refractivity contribution in [1.82, 2.24) is 16.2 Å². The van der Waals surface area contributed by atoms with E-state index in [1.165, 1.54) is 25.1 Å². The van der Waals surface area contributed by atoms with Crippen LogP contribution in [-0.2, 0) is 4.79 Å². The molecular formula is C13H16FN3O2S. The van der Waals surface area contributed by atoms with Crippen LogP contribution in [0.15, 0.2) is 36.9 Å². The molecule has 0 heterocycles. The zero-order valence-corrected chi connectivity index (χ0v) is 11.8. The second-order valence-corrected chi connectivity index (χ2v) is 4.21. The minimum atomic E-state index is -0.874.